The summed E-state index contributed by atoms with van der Waals surface area (Å²) < 4.78 is 40.7. The lowest BCUT2D eigenvalue weighted by Crippen LogP contribution is -2.06. The van der Waals surface area contributed by atoms with Gasteiger partial charge in [-0.15, -0.1) is 0 Å². The van der Waals surface area contributed by atoms with Crippen molar-refractivity contribution in [2.75, 3.05) is 0 Å². The third-order valence-electron chi connectivity index (χ3n) is 3.36. The second-order valence-corrected chi connectivity index (χ2v) is 5.03. The summed E-state index contributed by atoms with van der Waals surface area (Å²) in [5.74, 6) is -6.24. The lowest BCUT2D eigenvalue weighted by atomic mass is 9.97. The monoisotopic (exact) mass is 320 g/mol. The van der Waals surface area contributed by atoms with Crippen molar-refractivity contribution in [3.8, 4) is 11.1 Å². The van der Waals surface area contributed by atoms with Crippen molar-refractivity contribution in [3.05, 3.63) is 65.0 Å². The Kier molecular flexibility index (Phi) is 5.21. The van der Waals surface area contributed by atoms with Crippen molar-refractivity contribution < 1.29 is 23.1 Å². The van der Waals surface area contributed by atoms with Gasteiger partial charge in [-0.1, -0.05) is 49.8 Å². The van der Waals surface area contributed by atoms with Crippen molar-refractivity contribution in [1.82, 2.24) is 0 Å². The van der Waals surface area contributed by atoms with E-state index in [9.17, 15) is 18.0 Å². The first-order chi connectivity index (χ1) is 11.0. The standard InChI is InChI=1S/C18H15F3O2/c1-2-3-4-5-11-6-8-12(9-7-11)15-13(18(22)23)10-14(19)16(20)17(15)21/h4-10H,2-3H2,1H3,(H,22,23)/b5-4+. The van der Waals surface area contributed by atoms with Gasteiger partial charge in [0.15, 0.2) is 17.5 Å². The first-order valence-corrected chi connectivity index (χ1v) is 7.13. The highest BCUT2D eigenvalue weighted by Gasteiger charge is 2.23. The van der Waals surface area contributed by atoms with Gasteiger partial charge in [0.05, 0.1) is 5.56 Å². The molecule has 0 saturated heterocycles. The van der Waals surface area contributed by atoms with Crippen LogP contribution < -0.4 is 0 Å². The number of benzene rings is 2. The molecule has 2 aromatic rings. The van der Waals surface area contributed by atoms with Crippen molar-refractivity contribution in [2.45, 2.75) is 19.8 Å². The maximum absolute atomic E-state index is 14.0. The van der Waals surface area contributed by atoms with Gasteiger partial charge >= 0.3 is 5.97 Å². The molecule has 1 N–H and O–H groups in total. The van der Waals surface area contributed by atoms with Gasteiger partial charge < -0.3 is 5.11 Å². The van der Waals surface area contributed by atoms with E-state index in [-0.39, 0.29) is 5.56 Å². The van der Waals surface area contributed by atoms with E-state index in [2.05, 4.69) is 0 Å². The Morgan fingerprint density at radius 1 is 1.13 bits per heavy atom. The normalized spacial score (nSPS) is 11.1. The fourth-order valence-electron chi connectivity index (χ4n) is 2.19. The van der Waals surface area contributed by atoms with E-state index in [0.717, 1.165) is 18.4 Å². The Morgan fingerprint density at radius 3 is 2.35 bits per heavy atom. The number of rotatable bonds is 5. The van der Waals surface area contributed by atoms with E-state index in [1.54, 1.807) is 12.1 Å². The van der Waals surface area contributed by atoms with Crippen LogP contribution in [0.2, 0.25) is 0 Å². The van der Waals surface area contributed by atoms with E-state index >= 15 is 0 Å². The molecule has 0 aliphatic carbocycles. The zero-order valence-corrected chi connectivity index (χ0v) is 12.4. The molecule has 0 aliphatic rings. The van der Waals surface area contributed by atoms with Crippen LogP contribution in [0.4, 0.5) is 13.2 Å². The van der Waals surface area contributed by atoms with E-state index < -0.39 is 34.5 Å². The van der Waals surface area contributed by atoms with Gasteiger partial charge in [-0.3, -0.25) is 0 Å². The summed E-state index contributed by atoms with van der Waals surface area (Å²) in [6.07, 6.45) is 5.79. The van der Waals surface area contributed by atoms with Crippen LogP contribution >= 0.6 is 0 Å². The third kappa shape index (κ3) is 3.62. The maximum atomic E-state index is 14.0. The summed E-state index contributed by atoms with van der Waals surface area (Å²) in [5.41, 5.74) is -0.0512. The number of carboxylic acid groups (broad SMARTS) is 1. The van der Waals surface area contributed by atoms with Crippen LogP contribution in [0.3, 0.4) is 0 Å². The Morgan fingerprint density at radius 2 is 1.78 bits per heavy atom. The van der Waals surface area contributed by atoms with Crippen LogP contribution in [-0.4, -0.2) is 11.1 Å². The first-order valence-electron chi connectivity index (χ1n) is 7.13. The first kappa shape index (κ1) is 16.8. The van der Waals surface area contributed by atoms with Crippen LogP contribution in [0, 0.1) is 17.5 Å². The SMILES string of the molecule is CCC/C=C/c1ccc(-c2c(C(=O)O)cc(F)c(F)c2F)cc1. The molecule has 0 fully saturated rings. The molecule has 23 heavy (non-hydrogen) atoms. The number of aromatic carboxylic acids is 1. The molecular formula is C18H15F3O2. The number of halogens is 3. The lowest BCUT2D eigenvalue weighted by Gasteiger charge is -2.10. The Bertz CT molecular complexity index is 750. The second-order valence-electron chi connectivity index (χ2n) is 5.03. The molecular weight excluding hydrogens is 305 g/mol. The van der Waals surface area contributed by atoms with Crippen molar-refractivity contribution >= 4 is 12.0 Å². The molecule has 0 atom stereocenters. The summed E-state index contributed by atoms with van der Waals surface area (Å²) in [6, 6.07) is 6.77. The molecule has 120 valence electrons. The molecule has 0 spiro atoms. The molecule has 2 aromatic carbocycles. The second kappa shape index (κ2) is 7.13. The third-order valence-corrected chi connectivity index (χ3v) is 3.36. The Labute approximate surface area is 131 Å². The lowest BCUT2D eigenvalue weighted by molar-refractivity contribution is 0.0696. The summed E-state index contributed by atoms with van der Waals surface area (Å²) in [5, 5.41) is 9.10. The largest absolute Gasteiger partial charge is 0.478 e. The quantitative estimate of drug-likeness (QED) is 0.761. The molecule has 2 rings (SSSR count). The van der Waals surface area contributed by atoms with E-state index in [1.165, 1.54) is 12.1 Å². The molecule has 0 unspecified atom stereocenters. The van der Waals surface area contributed by atoms with Gasteiger partial charge in [0.25, 0.3) is 0 Å². The highest BCUT2D eigenvalue weighted by molar-refractivity contribution is 5.96. The van der Waals surface area contributed by atoms with Crippen molar-refractivity contribution in [2.24, 2.45) is 0 Å². The number of hydrogen-bond acceptors (Lipinski definition) is 1. The number of carboxylic acids is 1. The van der Waals surface area contributed by atoms with Gasteiger partial charge in [-0.25, -0.2) is 18.0 Å². The molecule has 2 nitrogen and oxygen atoms in total. The Balaban J connectivity index is 2.49. The molecule has 0 aliphatic heterocycles. The van der Waals surface area contributed by atoms with Gasteiger partial charge in [0.1, 0.15) is 0 Å². The van der Waals surface area contributed by atoms with E-state index in [1.807, 2.05) is 19.1 Å². The van der Waals surface area contributed by atoms with E-state index in [4.69, 9.17) is 5.11 Å². The highest BCUT2D eigenvalue weighted by atomic mass is 19.2. The fraction of sp³-hybridized carbons (Fsp3) is 0.167. The predicted octanol–water partition coefficient (Wildman–Crippen LogP) is 5.28. The highest BCUT2D eigenvalue weighted by Crippen LogP contribution is 2.30. The van der Waals surface area contributed by atoms with Gasteiger partial charge in [0, 0.05) is 5.56 Å². The fourth-order valence-corrected chi connectivity index (χ4v) is 2.19. The molecule has 5 heteroatoms. The van der Waals surface area contributed by atoms with E-state index in [0.29, 0.717) is 6.07 Å². The minimum atomic E-state index is -1.68. The Hall–Kier alpha value is -2.56. The molecule has 0 radical (unpaired) electrons. The number of unbranched alkanes of at least 4 members (excludes halogenated alkanes) is 1. The van der Waals surface area contributed by atoms with Crippen LogP contribution in [-0.2, 0) is 0 Å². The van der Waals surface area contributed by atoms with Gasteiger partial charge in [-0.2, -0.15) is 0 Å². The molecule has 0 saturated carbocycles. The molecule has 0 aromatic heterocycles. The average molecular weight is 320 g/mol. The summed E-state index contributed by atoms with van der Waals surface area (Å²) in [4.78, 5) is 11.2. The summed E-state index contributed by atoms with van der Waals surface area (Å²) >= 11 is 0. The smallest absolute Gasteiger partial charge is 0.336 e. The zero-order chi connectivity index (χ0) is 17.0. The van der Waals surface area contributed by atoms with Crippen molar-refractivity contribution in [3.63, 3.8) is 0 Å². The molecule has 0 bridgehead atoms. The van der Waals surface area contributed by atoms with Crippen LogP contribution in [0.5, 0.6) is 0 Å². The molecule has 0 amide bonds. The minimum absolute atomic E-state index is 0.173. The number of carbonyl (C=O) groups is 1. The number of allylic oxidation sites excluding steroid dienone is 1. The van der Waals surface area contributed by atoms with Crippen LogP contribution in [0.1, 0.15) is 35.7 Å². The van der Waals surface area contributed by atoms with Gasteiger partial charge in [-0.05, 0) is 23.6 Å². The topological polar surface area (TPSA) is 37.3 Å². The van der Waals surface area contributed by atoms with Gasteiger partial charge in [0.2, 0.25) is 0 Å². The van der Waals surface area contributed by atoms with Crippen LogP contribution in [0.15, 0.2) is 36.4 Å². The predicted molar refractivity (Wildman–Crippen MR) is 82.7 cm³/mol. The average Bonchev–Trinajstić information content (AvgIpc) is 2.53. The number of hydrogen-bond donors (Lipinski definition) is 1. The minimum Gasteiger partial charge on any atom is -0.478 e. The zero-order valence-electron chi connectivity index (χ0n) is 12.4. The van der Waals surface area contributed by atoms with Crippen LogP contribution in [0.25, 0.3) is 17.2 Å². The van der Waals surface area contributed by atoms with Crippen molar-refractivity contribution in [1.29, 1.82) is 0 Å². The summed E-state index contributed by atoms with van der Waals surface area (Å²) in [6.45, 7) is 2.05. The maximum Gasteiger partial charge on any atom is 0.336 e. The summed E-state index contributed by atoms with van der Waals surface area (Å²) in [7, 11) is 0. The molecule has 0 heterocycles.